The largest absolute Gasteiger partial charge is 0.378 e. The Morgan fingerprint density at radius 2 is 1.96 bits per heavy atom. The lowest BCUT2D eigenvalue weighted by Crippen LogP contribution is -2.45. The second kappa shape index (κ2) is 9.02. The van der Waals surface area contributed by atoms with E-state index in [2.05, 4.69) is 20.7 Å². The molecule has 1 aliphatic heterocycles. The number of carbonyl (C=O) groups is 2. The van der Waals surface area contributed by atoms with Crippen LogP contribution in [0, 0.1) is 0 Å². The second-order valence-electron chi connectivity index (χ2n) is 5.63. The van der Waals surface area contributed by atoms with Gasteiger partial charge in [-0.2, -0.15) is 0 Å². The number of carbonyl (C=O) groups excluding carboxylic acids is 2. The molecule has 1 aromatic carbocycles. The van der Waals surface area contributed by atoms with Crippen molar-refractivity contribution in [2.24, 2.45) is 0 Å². The zero-order valence-electron chi connectivity index (χ0n) is 14.3. The maximum atomic E-state index is 12.2. The summed E-state index contributed by atoms with van der Waals surface area (Å²) in [5.74, 6) is -0.693. The molecule has 2 N–H and O–H groups in total. The number of benzene rings is 1. The van der Waals surface area contributed by atoms with E-state index in [1.165, 1.54) is 23.1 Å². The molecule has 1 fully saturated rings. The summed E-state index contributed by atoms with van der Waals surface area (Å²) in [6.45, 7) is 4.64. The van der Waals surface area contributed by atoms with E-state index < -0.39 is 5.91 Å². The Morgan fingerprint density at radius 1 is 1.23 bits per heavy atom. The molecule has 138 valence electrons. The molecule has 0 radical (unpaired) electrons. The summed E-state index contributed by atoms with van der Waals surface area (Å²) in [4.78, 5) is 31.8. The summed E-state index contributed by atoms with van der Waals surface area (Å²) in [5, 5.41) is 2.14. The number of hydrogen-bond acceptors (Lipinski definition) is 7. The fraction of sp³-hybridized carbons (Fsp3) is 0.353. The number of nitrogens with zero attached hydrogens (tertiary/aromatic N) is 2. The van der Waals surface area contributed by atoms with Crippen LogP contribution in [0.15, 0.2) is 40.6 Å². The van der Waals surface area contributed by atoms with Gasteiger partial charge in [0.2, 0.25) is 0 Å². The number of hydrogen-bond donors (Lipinski definition) is 2. The van der Waals surface area contributed by atoms with Crippen molar-refractivity contribution < 1.29 is 14.3 Å². The average molecular weight is 393 g/mol. The van der Waals surface area contributed by atoms with E-state index in [0.717, 1.165) is 23.1 Å². The standard InChI is InChI=1S/C17H20N4O3S2/c1-12(26-13-5-3-2-4-6-13)15(22)19-20-16(23)14-11-25-17(18-14)21-7-9-24-10-8-21/h2-6,11-12H,7-10H2,1H3,(H,19,22)(H,20,23)/t12-/m1/s1. The highest BCUT2D eigenvalue weighted by Gasteiger charge is 2.19. The number of thioether (sulfide) groups is 1. The average Bonchev–Trinajstić information content (AvgIpc) is 3.17. The number of hydrazine groups is 1. The van der Waals surface area contributed by atoms with Crippen molar-refractivity contribution in [3.63, 3.8) is 0 Å². The van der Waals surface area contributed by atoms with Crippen LogP contribution in [0.5, 0.6) is 0 Å². The first-order chi connectivity index (χ1) is 12.6. The molecule has 9 heteroatoms. The molecule has 1 atom stereocenters. The number of ether oxygens (including phenoxy) is 1. The molecule has 0 bridgehead atoms. The maximum absolute atomic E-state index is 12.2. The van der Waals surface area contributed by atoms with Crippen LogP contribution in [0.3, 0.4) is 0 Å². The predicted octanol–water partition coefficient (Wildman–Crippen LogP) is 1.92. The minimum atomic E-state index is -0.425. The van der Waals surface area contributed by atoms with E-state index >= 15 is 0 Å². The predicted molar refractivity (Wildman–Crippen MR) is 103 cm³/mol. The minimum Gasteiger partial charge on any atom is -0.378 e. The SMILES string of the molecule is C[C@@H](Sc1ccccc1)C(=O)NNC(=O)c1csc(N2CCOCC2)n1. The van der Waals surface area contributed by atoms with Crippen LogP contribution < -0.4 is 15.8 Å². The van der Waals surface area contributed by atoms with E-state index in [0.29, 0.717) is 18.9 Å². The lowest BCUT2D eigenvalue weighted by Gasteiger charge is -2.25. The number of anilines is 1. The Kier molecular flexibility index (Phi) is 6.48. The first-order valence-electron chi connectivity index (χ1n) is 8.23. The van der Waals surface area contributed by atoms with Gasteiger partial charge in [0, 0.05) is 23.4 Å². The molecule has 1 aromatic heterocycles. The monoisotopic (exact) mass is 392 g/mol. The van der Waals surface area contributed by atoms with Crippen LogP contribution in [0.2, 0.25) is 0 Å². The zero-order chi connectivity index (χ0) is 18.4. The van der Waals surface area contributed by atoms with Crippen LogP contribution in [0.25, 0.3) is 0 Å². The summed E-state index contributed by atoms with van der Waals surface area (Å²) >= 11 is 2.83. The van der Waals surface area contributed by atoms with Gasteiger partial charge in [-0.15, -0.1) is 23.1 Å². The van der Waals surface area contributed by atoms with Crippen LogP contribution in [-0.2, 0) is 9.53 Å². The lowest BCUT2D eigenvalue weighted by molar-refractivity contribution is -0.121. The van der Waals surface area contributed by atoms with Crippen LogP contribution in [0.1, 0.15) is 17.4 Å². The van der Waals surface area contributed by atoms with Crippen LogP contribution in [0.4, 0.5) is 5.13 Å². The third-order valence-corrected chi connectivity index (χ3v) is 5.74. The molecule has 0 aliphatic carbocycles. The van der Waals surface area contributed by atoms with Crippen LogP contribution >= 0.6 is 23.1 Å². The van der Waals surface area contributed by atoms with Crippen molar-refractivity contribution in [2.45, 2.75) is 17.1 Å². The van der Waals surface area contributed by atoms with Gasteiger partial charge in [-0.05, 0) is 19.1 Å². The maximum Gasteiger partial charge on any atom is 0.289 e. The van der Waals surface area contributed by atoms with Gasteiger partial charge in [-0.25, -0.2) is 4.98 Å². The normalized spacial score (nSPS) is 15.3. The molecule has 7 nitrogen and oxygen atoms in total. The molecule has 26 heavy (non-hydrogen) atoms. The highest BCUT2D eigenvalue weighted by Crippen LogP contribution is 2.23. The van der Waals surface area contributed by atoms with Gasteiger partial charge in [-0.1, -0.05) is 18.2 Å². The van der Waals surface area contributed by atoms with Crippen molar-refractivity contribution in [2.75, 3.05) is 31.2 Å². The van der Waals surface area contributed by atoms with Gasteiger partial charge in [-0.3, -0.25) is 20.4 Å². The molecular formula is C17H20N4O3S2. The van der Waals surface area contributed by atoms with Crippen molar-refractivity contribution >= 4 is 40.0 Å². The first kappa shape index (κ1) is 18.7. The minimum absolute atomic E-state index is 0.268. The molecule has 3 rings (SSSR count). The molecule has 0 spiro atoms. The summed E-state index contributed by atoms with van der Waals surface area (Å²) < 4.78 is 5.31. The van der Waals surface area contributed by atoms with Gasteiger partial charge in [0.05, 0.1) is 18.5 Å². The van der Waals surface area contributed by atoms with E-state index in [1.807, 2.05) is 30.3 Å². The summed E-state index contributed by atoms with van der Waals surface area (Å²) in [7, 11) is 0. The molecule has 1 aliphatic rings. The summed E-state index contributed by atoms with van der Waals surface area (Å²) in [6, 6.07) is 9.64. The fourth-order valence-electron chi connectivity index (χ4n) is 2.31. The highest BCUT2D eigenvalue weighted by atomic mass is 32.2. The Bertz CT molecular complexity index is 747. The first-order valence-corrected chi connectivity index (χ1v) is 9.99. The third kappa shape index (κ3) is 4.96. The molecular weight excluding hydrogens is 372 g/mol. The van der Waals surface area contributed by atoms with Crippen molar-refractivity contribution in [3.05, 3.63) is 41.4 Å². The summed E-state index contributed by atoms with van der Waals surface area (Å²) in [5.41, 5.74) is 5.18. The van der Waals surface area contributed by atoms with Crippen molar-refractivity contribution in [3.8, 4) is 0 Å². The van der Waals surface area contributed by atoms with Crippen molar-refractivity contribution in [1.29, 1.82) is 0 Å². The number of amides is 2. The van der Waals surface area contributed by atoms with Gasteiger partial charge < -0.3 is 9.64 Å². The molecule has 2 heterocycles. The van der Waals surface area contributed by atoms with Crippen LogP contribution in [-0.4, -0.2) is 48.4 Å². The molecule has 2 aromatic rings. The second-order valence-corrected chi connectivity index (χ2v) is 7.88. The van der Waals surface area contributed by atoms with E-state index in [1.54, 1.807) is 12.3 Å². The number of rotatable bonds is 5. The lowest BCUT2D eigenvalue weighted by atomic mass is 10.4. The van der Waals surface area contributed by atoms with E-state index in [9.17, 15) is 9.59 Å². The Hall–Kier alpha value is -2.10. The molecule has 0 saturated carbocycles. The third-order valence-electron chi connectivity index (χ3n) is 3.73. The van der Waals surface area contributed by atoms with Gasteiger partial charge in [0.1, 0.15) is 5.69 Å². The Labute approximate surface area is 160 Å². The highest BCUT2D eigenvalue weighted by molar-refractivity contribution is 8.00. The fourth-order valence-corrected chi connectivity index (χ4v) is 4.06. The van der Waals surface area contributed by atoms with Gasteiger partial charge >= 0.3 is 0 Å². The quantitative estimate of drug-likeness (QED) is 0.598. The zero-order valence-corrected chi connectivity index (χ0v) is 15.9. The topological polar surface area (TPSA) is 83.6 Å². The van der Waals surface area contributed by atoms with Crippen molar-refractivity contribution in [1.82, 2.24) is 15.8 Å². The van der Waals surface area contributed by atoms with E-state index in [-0.39, 0.29) is 11.2 Å². The number of nitrogens with one attached hydrogen (secondary N) is 2. The Morgan fingerprint density at radius 3 is 2.69 bits per heavy atom. The van der Waals surface area contributed by atoms with Gasteiger partial charge in [0.15, 0.2) is 5.13 Å². The number of morpholine rings is 1. The Balaban J connectivity index is 1.48. The van der Waals surface area contributed by atoms with E-state index in [4.69, 9.17) is 4.74 Å². The number of thiazole rings is 1. The molecule has 1 saturated heterocycles. The number of aromatic nitrogens is 1. The van der Waals surface area contributed by atoms with Gasteiger partial charge in [0.25, 0.3) is 11.8 Å². The molecule has 0 unspecified atom stereocenters. The molecule has 2 amide bonds. The smallest absolute Gasteiger partial charge is 0.289 e. The summed E-state index contributed by atoms with van der Waals surface area (Å²) in [6.07, 6.45) is 0.